The molecule has 1 aromatic heterocycles. The van der Waals surface area contributed by atoms with E-state index >= 15 is 0 Å². The zero-order valence-corrected chi connectivity index (χ0v) is 13.1. The van der Waals surface area contributed by atoms with E-state index in [1.807, 2.05) is 32.9 Å². The number of amides is 1. The predicted octanol–water partition coefficient (Wildman–Crippen LogP) is 3.21. The van der Waals surface area contributed by atoms with Crippen LogP contribution in [0.4, 0.5) is 4.79 Å². The first-order valence-corrected chi connectivity index (χ1v) is 7.67. The van der Waals surface area contributed by atoms with E-state index in [1.165, 1.54) is 0 Å². The lowest BCUT2D eigenvalue weighted by atomic mass is 9.91. The van der Waals surface area contributed by atoms with Crippen molar-refractivity contribution in [3.8, 4) is 0 Å². The van der Waals surface area contributed by atoms with Crippen LogP contribution in [-0.4, -0.2) is 23.8 Å². The molecule has 0 radical (unpaired) electrons. The summed E-state index contributed by atoms with van der Waals surface area (Å²) in [5, 5.41) is 6.46. The van der Waals surface area contributed by atoms with E-state index < -0.39 is 5.60 Å². The van der Waals surface area contributed by atoms with Crippen LogP contribution >= 0.6 is 0 Å². The van der Waals surface area contributed by atoms with Crippen LogP contribution in [0.1, 0.15) is 52.2 Å². The summed E-state index contributed by atoms with van der Waals surface area (Å²) in [4.78, 5) is 11.7. The maximum absolute atomic E-state index is 11.7. The Balaban J connectivity index is 1.65. The van der Waals surface area contributed by atoms with Crippen LogP contribution in [0.5, 0.6) is 0 Å². The Kier molecular flexibility index (Phi) is 5.28. The Labute approximate surface area is 126 Å². The van der Waals surface area contributed by atoms with Crippen molar-refractivity contribution in [2.45, 2.75) is 70.7 Å². The first-order chi connectivity index (χ1) is 9.92. The topological polar surface area (TPSA) is 63.5 Å². The first kappa shape index (κ1) is 15.9. The minimum atomic E-state index is -0.439. The summed E-state index contributed by atoms with van der Waals surface area (Å²) in [7, 11) is 0. The van der Waals surface area contributed by atoms with Gasteiger partial charge in [0, 0.05) is 12.1 Å². The van der Waals surface area contributed by atoms with Gasteiger partial charge in [0.1, 0.15) is 11.4 Å². The van der Waals surface area contributed by atoms with Crippen molar-refractivity contribution in [3.63, 3.8) is 0 Å². The molecule has 118 valence electrons. The van der Waals surface area contributed by atoms with E-state index in [9.17, 15) is 4.79 Å². The lowest BCUT2D eigenvalue weighted by Crippen LogP contribution is -2.43. The highest BCUT2D eigenvalue weighted by atomic mass is 16.6. The Hall–Kier alpha value is -1.49. The van der Waals surface area contributed by atoms with Gasteiger partial charge in [0.2, 0.25) is 0 Å². The Morgan fingerprint density at radius 3 is 2.52 bits per heavy atom. The molecule has 0 bridgehead atoms. The van der Waals surface area contributed by atoms with Crippen molar-refractivity contribution in [2.24, 2.45) is 0 Å². The summed E-state index contributed by atoms with van der Waals surface area (Å²) in [6.45, 7) is 6.40. The van der Waals surface area contributed by atoms with Crippen LogP contribution in [0.3, 0.4) is 0 Å². The Bertz CT molecular complexity index is 429. The largest absolute Gasteiger partial charge is 0.468 e. The summed E-state index contributed by atoms with van der Waals surface area (Å²) in [5.41, 5.74) is -0.439. The van der Waals surface area contributed by atoms with Gasteiger partial charge in [-0.3, -0.25) is 0 Å². The summed E-state index contributed by atoms with van der Waals surface area (Å²) < 4.78 is 10.6. The average molecular weight is 294 g/mol. The number of alkyl carbamates (subject to hydrolysis) is 1. The van der Waals surface area contributed by atoms with E-state index in [0.29, 0.717) is 6.04 Å². The van der Waals surface area contributed by atoms with Crippen molar-refractivity contribution in [1.29, 1.82) is 0 Å². The molecule has 1 aliphatic rings. The van der Waals surface area contributed by atoms with Crippen LogP contribution in [0.25, 0.3) is 0 Å². The lowest BCUT2D eigenvalue weighted by molar-refractivity contribution is 0.0489. The fraction of sp³-hybridized carbons (Fsp3) is 0.688. The molecule has 0 unspecified atom stereocenters. The molecule has 1 aromatic rings. The average Bonchev–Trinajstić information content (AvgIpc) is 2.89. The molecule has 0 atom stereocenters. The highest BCUT2D eigenvalue weighted by molar-refractivity contribution is 5.68. The second kappa shape index (κ2) is 6.98. The highest BCUT2D eigenvalue weighted by Gasteiger charge is 2.24. The van der Waals surface area contributed by atoms with Crippen LogP contribution in [0, 0.1) is 0 Å². The van der Waals surface area contributed by atoms with Gasteiger partial charge in [0.25, 0.3) is 0 Å². The zero-order valence-electron chi connectivity index (χ0n) is 13.1. The molecule has 1 saturated carbocycles. The van der Waals surface area contributed by atoms with E-state index in [0.717, 1.165) is 38.0 Å². The standard InChI is InChI=1S/C16H26N2O3/c1-16(2,3)21-15(19)18-13-8-6-12(7-9-13)17-11-14-5-4-10-20-14/h4-5,10,12-13,17H,6-9,11H2,1-3H3,(H,18,19). The van der Waals surface area contributed by atoms with Gasteiger partial charge in [-0.1, -0.05) is 0 Å². The number of hydrogen-bond acceptors (Lipinski definition) is 4. The summed E-state index contributed by atoms with van der Waals surface area (Å²) in [6, 6.07) is 4.59. The van der Waals surface area contributed by atoms with Crippen molar-refractivity contribution in [3.05, 3.63) is 24.2 Å². The SMILES string of the molecule is CC(C)(C)OC(=O)NC1CCC(NCc2ccco2)CC1. The molecule has 1 heterocycles. The summed E-state index contributed by atoms with van der Waals surface area (Å²) in [6.07, 6.45) is 5.46. The fourth-order valence-electron chi connectivity index (χ4n) is 2.57. The van der Waals surface area contributed by atoms with Crippen molar-refractivity contribution in [2.75, 3.05) is 0 Å². The molecule has 1 aliphatic carbocycles. The van der Waals surface area contributed by atoms with Crippen molar-refractivity contribution in [1.82, 2.24) is 10.6 Å². The Morgan fingerprint density at radius 1 is 1.29 bits per heavy atom. The summed E-state index contributed by atoms with van der Waals surface area (Å²) in [5.74, 6) is 0.962. The first-order valence-electron chi connectivity index (χ1n) is 7.67. The molecule has 1 amide bonds. The third kappa shape index (κ3) is 5.79. The van der Waals surface area contributed by atoms with Gasteiger partial charge >= 0.3 is 6.09 Å². The molecule has 5 heteroatoms. The highest BCUT2D eigenvalue weighted by Crippen LogP contribution is 2.19. The molecular weight excluding hydrogens is 268 g/mol. The predicted molar refractivity (Wildman–Crippen MR) is 81.0 cm³/mol. The minimum absolute atomic E-state index is 0.224. The van der Waals surface area contributed by atoms with Gasteiger partial charge in [-0.15, -0.1) is 0 Å². The normalized spacial score (nSPS) is 22.8. The monoisotopic (exact) mass is 294 g/mol. The quantitative estimate of drug-likeness (QED) is 0.895. The maximum atomic E-state index is 11.7. The number of nitrogens with one attached hydrogen (secondary N) is 2. The minimum Gasteiger partial charge on any atom is -0.468 e. The van der Waals surface area contributed by atoms with Crippen molar-refractivity contribution < 1.29 is 13.9 Å². The lowest BCUT2D eigenvalue weighted by Gasteiger charge is -2.30. The smallest absolute Gasteiger partial charge is 0.407 e. The van der Waals surface area contributed by atoms with Crippen LogP contribution in [0.15, 0.2) is 22.8 Å². The second-order valence-corrected chi connectivity index (χ2v) is 6.66. The van der Waals surface area contributed by atoms with Gasteiger partial charge in [-0.25, -0.2) is 4.79 Å². The molecule has 2 rings (SSSR count). The molecule has 0 saturated heterocycles. The molecule has 2 N–H and O–H groups in total. The molecule has 0 spiro atoms. The fourth-order valence-corrected chi connectivity index (χ4v) is 2.57. The number of rotatable bonds is 4. The van der Waals surface area contributed by atoms with Gasteiger partial charge in [0.15, 0.2) is 0 Å². The van der Waals surface area contributed by atoms with E-state index in [1.54, 1.807) is 6.26 Å². The Morgan fingerprint density at radius 2 is 1.95 bits per heavy atom. The van der Waals surface area contributed by atoms with Crippen LogP contribution in [0.2, 0.25) is 0 Å². The third-order valence-electron chi connectivity index (χ3n) is 3.59. The van der Waals surface area contributed by atoms with Crippen molar-refractivity contribution >= 4 is 6.09 Å². The maximum Gasteiger partial charge on any atom is 0.407 e. The number of carbonyl (C=O) groups is 1. The van der Waals surface area contributed by atoms with Gasteiger partial charge in [0.05, 0.1) is 12.8 Å². The molecule has 5 nitrogen and oxygen atoms in total. The van der Waals surface area contributed by atoms with Crippen LogP contribution in [-0.2, 0) is 11.3 Å². The molecule has 0 aliphatic heterocycles. The van der Waals surface area contributed by atoms with Gasteiger partial charge in [-0.05, 0) is 58.6 Å². The number of hydrogen-bond donors (Lipinski definition) is 2. The van der Waals surface area contributed by atoms with E-state index in [2.05, 4.69) is 10.6 Å². The number of furan rings is 1. The van der Waals surface area contributed by atoms with E-state index in [4.69, 9.17) is 9.15 Å². The molecule has 21 heavy (non-hydrogen) atoms. The number of ether oxygens (including phenoxy) is 1. The van der Waals surface area contributed by atoms with E-state index in [-0.39, 0.29) is 12.1 Å². The third-order valence-corrected chi connectivity index (χ3v) is 3.59. The summed E-state index contributed by atoms with van der Waals surface area (Å²) >= 11 is 0. The van der Waals surface area contributed by atoms with Gasteiger partial charge in [-0.2, -0.15) is 0 Å². The zero-order chi connectivity index (χ0) is 15.3. The number of carbonyl (C=O) groups excluding carboxylic acids is 1. The second-order valence-electron chi connectivity index (χ2n) is 6.66. The van der Waals surface area contributed by atoms with Gasteiger partial charge < -0.3 is 19.8 Å². The molecular formula is C16H26N2O3. The van der Waals surface area contributed by atoms with Crippen LogP contribution < -0.4 is 10.6 Å². The molecule has 1 fully saturated rings. The molecule has 0 aromatic carbocycles.